The molecule has 0 fully saturated rings. The van der Waals surface area contributed by atoms with Gasteiger partial charge in [0, 0.05) is 28.3 Å². The predicted octanol–water partition coefficient (Wildman–Crippen LogP) is 3.50. The largest absolute Gasteiger partial charge is 0.309 e. The first kappa shape index (κ1) is 16.4. The molecule has 108 valence electrons. The van der Waals surface area contributed by atoms with Gasteiger partial charge in [-0.3, -0.25) is 4.21 Å². The van der Waals surface area contributed by atoms with E-state index in [9.17, 15) is 4.21 Å². The molecular weight excluding hydrogens is 254 g/mol. The summed E-state index contributed by atoms with van der Waals surface area (Å²) in [5.74, 6) is 1.54. The van der Waals surface area contributed by atoms with Gasteiger partial charge < -0.3 is 5.32 Å². The monoisotopic (exact) mass is 281 g/mol. The molecule has 0 spiro atoms. The molecule has 3 heteroatoms. The molecule has 0 aliphatic carbocycles. The molecule has 2 unspecified atom stereocenters. The van der Waals surface area contributed by atoms with Crippen LogP contribution in [0.5, 0.6) is 0 Å². The van der Waals surface area contributed by atoms with Crippen molar-refractivity contribution < 1.29 is 4.21 Å². The van der Waals surface area contributed by atoms with Gasteiger partial charge in [-0.1, -0.05) is 44.0 Å². The SMILES string of the molecule is CCCCS(=O)CC(NCC)c1ccc(C)cc1C. The number of aryl methyl sites for hydroxylation is 2. The Hall–Kier alpha value is -0.670. The fraction of sp³-hybridized carbons (Fsp3) is 0.625. The van der Waals surface area contributed by atoms with E-state index in [0.717, 1.165) is 30.9 Å². The van der Waals surface area contributed by atoms with Crippen LogP contribution < -0.4 is 5.32 Å². The van der Waals surface area contributed by atoms with Gasteiger partial charge in [0.15, 0.2) is 0 Å². The molecule has 0 aliphatic heterocycles. The van der Waals surface area contributed by atoms with Gasteiger partial charge in [0.25, 0.3) is 0 Å². The Morgan fingerprint density at radius 3 is 2.58 bits per heavy atom. The number of nitrogens with one attached hydrogen (secondary N) is 1. The number of unbranched alkanes of at least 4 members (excludes halogenated alkanes) is 1. The zero-order valence-corrected chi connectivity index (χ0v) is 13.5. The van der Waals surface area contributed by atoms with Crippen molar-refractivity contribution in [2.45, 2.75) is 46.6 Å². The second-order valence-corrected chi connectivity index (χ2v) is 6.76. The van der Waals surface area contributed by atoms with E-state index in [1.165, 1.54) is 16.7 Å². The average Bonchev–Trinajstić information content (AvgIpc) is 2.36. The molecular formula is C16H27NOS. The van der Waals surface area contributed by atoms with Crippen LogP contribution in [0.3, 0.4) is 0 Å². The molecule has 1 N–H and O–H groups in total. The Morgan fingerprint density at radius 2 is 2.00 bits per heavy atom. The molecule has 0 aliphatic rings. The Kier molecular flexibility index (Phi) is 7.32. The first-order valence-electron chi connectivity index (χ1n) is 7.24. The lowest BCUT2D eigenvalue weighted by atomic mass is 10.0. The third-order valence-electron chi connectivity index (χ3n) is 3.33. The Balaban J connectivity index is 2.78. The van der Waals surface area contributed by atoms with Crippen molar-refractivity contribution in [1.82, 2.24) is 5.32 Å². The van der Waals surface area contributed by atoms with Crippen molar-refractivity contribution in [2.75, 3.05) is 18.1 Å². The van der Waals surface area contributed by atoms with E-state index < -0.39 is 10.8 Å². The van der Waals surface area contributed by atoms with Crippen molar-refractivity contribution in [2.24, 2.45) is 0 Å². The molecule has 0 radical (unpaired) electrons. The van der Waals surface area contributed by atoms with Crippen molar-refractivity contribution in [3.63, 3.8) is 0 Å². The summed E-state index contributed by atoms with van der Waals surface area (Å²) in [6.07, 6.45) is 2.17. The lowest BCUT2D eigenvalue weighted by Gasteiger charge is -2.20. The normalized spacial score (nSPS) is 14.3. The third kappa shape index (κ3) is 5.45. The van der Waals surface area contributed by atoms with Crippen molar-refractivity contribution in [1.29, 1.82) is 0 Å². The number of hydrogen-bond acceptors (Lipinski definition) is 2. The molecule has 0 saturated heterocycles. The van der Waals surface area contributed by atoms with E-state index in [1.807, 2.05) is 0 Å². The molecule has 0 saturated carbocycles. The maximum absolute atomic E-state index is 12.1. The molecule has 0 amide bonds. The summed E-state index contributed by atoms with van der Waals surface area (Å²) in [5.41, 5.74) is 3.86. The standard InChI is InChI=1S/C16H27NOS/c1-5-7-10-19(18)12-16(17-6-2)15-9-8-13(3)11-14(15)4/h8-9,11,16-17H,5-7,10,12H2,1-4H3. The molecule has 2 nitrogen and oxygen atoms in total. The second kappa shape index (κ2) is 8.49. The minimum absolute atomic E-state index is 0.211. The van der Waals surface area contributed by atoms with Gasteiger partial charge in [0.1, 0.15) is 0 Å². The van der Waals surface area contributed by atoms with Crippen LogP contribution in [0.4, 0.5) is 0 Å². The summed E-state index contributed by atoms with van der Waals surface area (Å²) < 4.78 is 12.1. The highest BCUT2D eigenvalue weighted by molar-refractivity contribution is 7.85. The van der Waals surface area contributed by atoms with Gasteiger partial charge in [0.05, 0.1) is 0 Å². The van der Waals surface area contributed by atoms with Gasteiger partial charge in [-0.2, -0.15) is 0 Å². The summed E-state index contributed by atoms with van der Waals surface area (Å²) in [4.78, 5) is 0. The molecule has 2 atom stereocenters. The zero-order chi connectivity index (χ0) is 14.3. The number of benzene rings is 1. The van der Waals surface area contributed by atoms with Crippen LogP contribution >= 0.6 is 0 Å². The zero-order valence-electron chi connectivity index (χ0n) is 12.7. The van der Waals surface area contributed by atoms with Gasteiger partial charge in [0.2, 0.25) is 0 Å². The fourth-order valence-corrected chi connectivity index (χ4v) is 3.74. The van der Waals surface area contributed by atoms with E-state index in [2.05, 4.69) is 51.2 Å². The minimum Gasteiger partial charge on any atom is -0.309 e. The lowest BCUT2D eigenvalue weighted by Crippen LogP contribution is -2.27. The molecule has 19 heavy (non-hydrogen) atoms. The number of hydrogen-bond donors (Lipinski definition) is 1. The molecule has 0 aromatic heterocycles. The van der Waals surface area contributed by atoms with Crippen LogP contribution in [0.15, 0.2) is 18.2 Å². The molecule has 0 bridgehead atoms. The predicted molar refractivity (Wildman–Crippen MR) is 85.1 cm³/mol. The second-order valence-electron chi connectivity index (χ2n) is 5.13. The lowest BCUT2D eigenvalue weighted by molar-refractivity contribution is 0.591. The van der Waals surface area contributed by atoms with E-state index in [-0.39, 0.29) is 6.04 Å². The van der Waals surface area contributed by atoms with Crippen molar-refractivity contribution in [3.8, 4) is 0 Å². The van der Waals surface area contributed by atoms with Crippen molar-refractivity contribution in [3.05, 3.63) is 34.9 Å². The fourth-order valence-electron chi connectivity index (χ4n) is 2.30. The molecule has 1 aromatic rings. The molecule has 0 heterocycles. The summed E-state index contributed by atoms with van der Waals surface area (Å²) in [5, 5.41) is 3.47. The Morgan fingerprint density at radius 1 is 1.26 bits per heavy atom. The van der Waals surface area contributed by atoms with E-state index >= 15 is 0 Å². The highest BCUT2D eigenvalue weighted by Gasteiger charge is 2.15. The smallest absolute Gasteiger partial charge is 0.0439 e. The van der Waals surface area contributed by atoms with Gasteiger partial charge in [-0.05, 0) is 37.9 Å². The topological polar surface area (TPSA) is 29.1 Å². The highest BCUT2D eigenvalue weighted by atomic mass is 32.2. The first-order chi connectivity index (χ1) is 9.08. The first-order valence-corrected chi connectivity index (χ1v) is 8.72. The summed E-state index contributed by atoms with van der Waals surface area (Å²) in [6, 6.07) is 6.73. The Bertz CT molecular complexity index is 417. The third-order valence-corrected chi connectivity index (χ3v) is 4.78. The van der Waals surface area contributed by atoms with Gasteiger partial charge >= 0.3 is 0 Å². The van der Waals surface area contributed by atoms with Crippen LogP contribution in [-0.4, -0.2) is 22.3 Å². The van der Waals surface area contributed by atoms with Crippen LogP contribution in [0.2, 0.25) is 0 Å². The van der Waals surface area contributed by atoms with E-state index in [1.54, 1.807) is 0 Å². The summed E-state index contributed by atoms with van der Waals surface area (Å²) in [6.45, 7) is 9.40. The van der Waals surface area contributed by atoms with Crippen LogP contribution in [0, 0.1) is 13.8 Å². The average molecular weight is 281 g/mol. The quantitative estimate of drug-likeness (QED) is 0.790. The van der Waals surface area contributed by atoms with E-state index in [0.29, 0.717) is 0 Å². The van der Waals surface area contributed by atoms with Crippen LogP contribution in [0.25, 0.3) is 0 Å². The Labute approximate surface area is 120 Å². The maximum Gasteiger partial charge on any atom is 0.0439 e. The minimum atomic E-state index is -0.728. The highest BCUT2D eigenvalue weighted by Crippen LogP contribution is 2.20. The van der Waals surface area contributed by atoms with Crippen LogP contribution in [-0.2, 0) is 10.8 Å². The van der Waals surface area contributed by atoms with Gasteiger partial charge in [-0.25, -0.2) is 0 Å². The maximum atomic E-state index is 12.1. The summed E-state index contributed by atoms with van der Waals surface area (Å²) >= 11 is 0. The van der Waals surface area contributed by atoms with Crippen molar-refractivity contribution >= 4 is 10.8 Å². The van der Waals surface area contributed by atoms with Gasteiger partial charge in [-0.15, -0.1) is 0 Å². The number of rotatable bonds is 8. The van der Waals surface area contributed by atoms with E-state index in [4.69, 9.17) is 0 Å². The summed E-state index contributed by atoms with van der Waals surface area (Å²) in [7, 11) is -0.728. The molecule has 1 rings (SSSR count). The van der Waals surface area contributed by atoms with Crippen LogP contribution in [0.1, 0.15) is 49.4 Å². The molecule has 1 aromatic carbocycles.